The third-order valence-corrected chi connectivity index (χ3v) is 3.12. The highest BCUT2D eigenvalue weighted by atomic mass is 16.5. The highest BCUT2D eigenvalue weighted by Crippen LogP contribution is 2.06. The van der Waals surface area contributed by atoms with Crippen molar-refractivity contribution < 1.29 is 19.1 Å². The normalized spacial score (nSPS) is 9.16. The molecule has 25 heavy (non-hydrogen) atoms. The molecule has 2 rings (SSSR count). The summed E-state index contributed by atoms with van der Waals surface area (Å²) >= 11 is 0. The molecule has 0 radical (unpaired) electrons. The first-order valence-electron chi connectivity index (χ1n) is 7.70. The molecule has 4 heteroatoms. The third kappa shape index (κ3) is 8.32. The highest BCUT2D eigenvalue weighted by Gasteiger charge is 2.06. The van der Waals surface area contributed by atoms with Gasteiger partial charge in [0.05, 0.1) is 7.11 Å². The van der Waals surface area contributed by atoms with Crippen molar-refractivity contribution in [3.05, 3.63) is 96.6 Å². The molecule has 0 aliphatic carbocycles. The molecule has 0 saturated heterocycles. The van der Waals surface area contributed by atoms with E-state index in [1.54, 1.807) is 0 Å². The summed E-state index contributed by atoms with van der Waals surface area (Å²) in [6.45, 7) is 7.26. The third-order valence-electron chi connectivity index (χ3n) is 3.12. The number of carbonyl (C=O) groups is 2. The minimum Gasteiger partial charge on any atom is -0.466 e. The molecule has 0 fully saturated rings. The van der Waals surface area contributed by atoms with Gasteiger partial charge in [-0.25, -0.2) is 9.59 Å². The van der Waals surface area contributed by atoms with Crippen LogP contribution in [0.2, 0.25) is 0 Å². The van der Waals surface area contributed by atoms with Crippen LogP contribution >= 0.6 is 0 Å². The van der Waals surface area contributed by atoms with Gasteiger partial charge in [-0.1, -0.05) is 73.8 Å². The first-order valence-corrected chi connectivity index (χ1v) is 7.70. The maximum atomic E-state index is 11.0. The lowest BCUT2D eigenvalue weighted by Gasteiger charge is -2.02. The Bertz CT molecular complexity index is 690. The molecule has 130 valence electrons. The number of carbonyl (C=O) groups excluding carboxylic acids is 2. The smallest absolute Gasteiger partial charge is 0.333 e. The number of methoxy groups -OCH3 is 1. The van der Waals surface area contributed by atoms with Gasteiger partial charge in [-0.15, -0.1) is 0 Å². The number of ether oxygens (including phenoxy) is 2. The molecular formula is C21H22O4. The summed E-state index contributed by atoms with van der Waals surface area (Å²) < 4.78 is 9.37. The van der Waals surface area contributed by atoms with E-state index in [1.807, 2.05) is 60.7 Å². The van der Waals surface area contributed by atoms with E-state index in [0.29, 0.717) is 18.6 Å². The zero-order valence-electron chi connectivity index (χ0n) is 14.3. The van der Waals surface area contributed by atoms with Crippen molar-refractivity contribution in [2.75, 3.05) is 7.11 Å². The minimum atomic E-state index is -0.390. The topological polar surface area (TPSA) is 52.6 Å². The van der Waals surface area contributed by atoms with Gasteiger partial charge in [0.1, 0.15) is 6.61 Å². The van der Waals surface area contributed by atoms with Gasteiger partial charge in [0, 0.05) is 18.1 Å². The van der Waals surface area contributed by atoms with E-state index in [1.165, 1.54) is 7.11 Å². The molecule has 2 aromatic carbocycles. The number of rotatable bonds is 6. The SMILES string of the molecule is C=C(Cc1ccccc1)C(=O)OC.C=CC(=O)OCc1ccccc1. The number of benzene rings is 2. The van der Waals surface area contributed by atoms with Gasteiger partial charge >= 0.3 is 11.9 Å². The largest absolute Gasteiger partial charge is 0.466 e. The molecule has 0 bridgehead atoms. The maximum absolute atomic E-state index is 11.0. The van der Waals surface area contributed by atoms with Crippen LogP contribution in [0.4, 0.5) is 0 Å². The Morgan fingerprint density at radius 3 is 1.96 bits per heavy atom. The summed E-state index contributed by atoms with van der Waals surface area (Å²) in [7, 11) is 1.36. The molecule has 0 unspecified atom stereocenters. The summed E-state index contributed by atoms with van der Waals surface area (Å²) in [4.78, 5) is 21.6. The molecule has 0 heterocycles. The Balaban J connectivity index is 0.000000251. The molecule has 0 saturated carbocycles. The fraction of sp³-hybridized carbons (Fsp3) is 0.143. The Morgan fingerprint density at radius 1 is 0.960 bits per heavy atom. The Hall–Kier alpha value is -3.14. The van der Waals surface area contributed by atoms with E-state index < -0.39 is 0 Å². The highest BCUT2D eigenvalue weighted by molar-refractivity contribution is 5.88. The Labute approximate surface area is 148 Å². The van der Waals surface area contributed by atoms with Crippen LogP contribution in [0.5, 0.6) is 0 Å². The summed E-state index contributed by atoms with van der Waals surface area (Å²) in [5, 5.41) is 0. The zero-order valence-corrected chi connectivity index (χ0v) is 14.3. The second kappa shape index (κ2) is 11.4. The Kier molecular flexibility index (Phi) is 9.08. The van der Waals surface area contributed by atoms with E-state index in [9.17, 15) is 9.59 Å². The van der Waals surface area contributed by atoms with E-state index in [2.05, 4.69) is 17.9 Å². The molecule has 0 N–H and O–H groups in total. The lowest BCUT2D eigenvalue weighted by Crippen LogP contribution is -2.05. The fourth-order valence-corrected chi connectivity index (χ4v) is 1.85. The predicted octanol–water partition coefficient (Wildman–Crippen LogP) is 3.87. The Morgan fingerprint density at radius 2 is 1.48 bits per heavy atom. The lowest BCUT2D eigenvalue weighted by molar-refractivity contribution is -0.139. The molecule has 0 aliphatic rings. The van der Waals surface area contributed by atoms with Crippen molar-refractivity contribution in [1.82, 2.24) is 0 Å². The van der Waals surface area contributed by atoms with E-state index in [-0.39, 0.29) is 11.9 Å². The molecule has 4 nitrogen and oxygen atoms in total. The van der Waals surface area contributed by atoms with Crippen LogP contribution in [0.15, 0.2) is 85.5 Å². The van der Waals surface area contributed by atoms with Gasteiger partial charge in [-0.2, -0.15) is 0 Å². The fourth-order valence-electron chi connectivity index (χ4n) is 1.85. The molecule has 0 aliphatic heterocycles. The number of hydrogen-bond acceptors (Lipinski definition) is 4. The molecule has 0 amide bonds. The average molecular weight is 338 g/mol. The average Bonchev–Trinajstić information content (AvgIpc) is 2.67. The van der Waals surface area contributed by atoms with Crippen molar-refractivity contribution in [3.63, 3.8) is 0 Å². The van der Waals surface area contributed by atoms with Gasteiger partial charge in [0.15, 0.2) is 0 Å². The van der Waals surface area contributed by atoms with Crippen molar-refractivity contribution in [1.29, 1.82) is 0 Å². The standard InChI is InChI=1S/C11H12O2.C10H10O2/c1-9(11(12)13-2)8-10-6-4-3-5-7-10;1-2-10(11)12-8-9-6-4-3-5-7-9/h3-7H,1,8H2,2H3;2-7H,1,8H2. The van der Waals surface area contributed by atoms with Gasteiger partial charge in [-0.3, -0.25) is 0 Å². The van der Waals surface area contributed by atoms with Crippen LogP contribution in [0.25, 0.3) is 0 Å². The summed E-state index contributed by atoms with van der Waals surface area (Å²) in [5.74, 6) is -0.734. The van der Waals surface area contributed by atoms with Crippen LogP contribution in [0, 0.1) is 0 Å². The van der Waals surface area contributed by atoms with Crippen LogP contribution in [-0.2, 0) is 32.1 Å². The zero-order chi connectivity index (χ0) is 18.5. The second-order valence-corrected chi connectivity index (χ2v) is 5.05. The molecule has 2 aromatic rings. The van der Waals surface area contributed by atoms with Crippen molar-refractivity contribution in [2.45, 2.75) is 13.0 Å². The van der Waals surface area contributed by atoms with E-state index in [0.717, 1.165) is 17.2 Å². The van der Waals surface area contributed by atoms with Crippen LogP contribution in [0.3, 0.4) is 0 Å². The lowest BCUT2D eigenvalue weighted by atomic mass is 10.1. The van der Waals surface area contributed by atoms with Crippen molar-refractivity contribution >= 4 is 11.9 Å². The molecule has 0 atom stereocenters. The van der Waals surface area contributed by atoms with Gasteiger partial charge < -0.3 is 9.47 Å². The van der Waals surface area contributed by atoms with E-state index in [4.69, 9.17) is 4.74 Å². The summed E-state index contributed by atoms with van der Waals surface area (Å²) in [6.07, 6.45) is 1.70. The van der Waals surface area contributed by atoms with Gasteiger partial charge in [0.25, 0.3) is 0 Å². The van der Waals surface area contributed by atoms with Crippen molar-refractivity contribution in [2.24, 2.45) is 0 Å². The second-order valence-electron chi connectivity index (χ2n) is 5.05. The van der Waals surface area contributed by atoms with Crippen molar-refractivity contribution in [3.8, 4) is 0 Å². The number of hydrogen-bond donors (Lipinski definition) is 0. The summed E-state index contributed by atoms with van der Waals surface area (Å²) in [6, 6.07) is 19.2. The molecule has 0 spiro atoms. The molecular weight excluding hydrogens is 316 g/mol. The number of esters is 2. The first-order chi connectivity index (χ1) is 12.1. The van der Waals surface area contributed by atoms with Crippen LogP contribution < -0.4 is 0 Å². The summed E-state index contributed by atoms with van der Waals surface area (Å²) in [5.41, 5.74) is 2.53. The van der Waals surface area contributed by atoms with Crippen LogP contribution in [-0.4, -0.2) is 19.0 Å². The van der Waals surface area contributed by atoms with E-state index >= 15 is 0 Å². The predicted molar refractivity (Wildman–Crippen MR) is 97.7 cm³/mol. The van der Waals surface area contributed by atoms with Gasteiger partial charge in [0.2, 0.25) is 0 Å². The first kappa shape index (κ1) is 19.9. The minimum absolute atomic E-state index is 0.311. The van der Waals surface area contributed by atoms with Gasteiger partial charge in [-0.05, 0) is 11.1 Å². The monoisotopic (exact) mass is 338 g/mol. The quantitative estimate of drug-likeness (QED) is 0.592. The van der Waals surface area contributed by atoms with Crippen LogP contribution in [0.1, 0.15) is 11.1 Å². The maximum Gasteiger partial charge on any atom is 0.333 e. The molecule has 0 aromatic heterocycles.